The Balaban J connectivity index is 1.94. The van der Waals surface area contributed by atoms with Crippen molar-refractivity contribution in [2.24, 2.45) is 5.92 Å². The van der Waals surface area contributed by atoms with Crippen LogP contribution in [0, 0.1) is 5.92 Å². The molecule has 0 spiro atoms. The first-order valence-electron chi connectivity index (χ1n) is 6.91. The number of likely N-dealkylation sites (tertiary alicyclic amines) is 1. The number of carbonyl (C=O) groups is 1. The Morgan fingerprint density at radius 1 is 1.58 bits per heavy atom. The van der Waals surface area contributed by atoms with Crippen LogP contribution in [0.5, 0.6) is 0 Å². The van der Waals surface area contributed by atoms with E-state index in [2.05, 4.69) is 21.9 Å². The third-order valence-electron chi connectivity index (χ3n) is 3.54. The van der Waals surface area contributed by atoms with Crippen LogP contribution in [0.4, 0.5) is 0 Å². The molecule has 1 aliphatic rings. The third-order valence-corrected chi connectivity index (χ3v) is 3.54. The average molecular weight is 266 g/mol. The van der Waals surface area contributed by atoms with E-state index in [-0.39, 0.29) is 11.9 Å². The fourth-order valence-electron chi connectivity index (χ4n) is 2.57. The first-order chi connectivity index (χ1) is 9.24. The average Bonchev–Trinajstić information content (AvgIpc) is 2.86. The van der Waals surface area contributed by atoms with E-state index in [1.807, 2.05) is 4.68 Å². The summed E-state index contributed by atoms with van der Waals surface area (Å²) in [5, 5.41) is 4.23. The standard InChI is InChI=1S/C13H22N4O2/c1-3-6-17-12(14-10-15-17)9-16-7-4-5-11(8-16)13(18)19-2/h10-11H,3-9H2,1-2H3/t11-/m0/s1. The summed E-state index contributed by atoms with van der Waals surface area (Å²) in [5.74, 6) is 0.883. The van der Waals surface area contributed by atoms with Gasteiger partial charge in [-0.25, -0.2) is 9.67 Å². The summed E-state index contributed by atoms with van der Waals surface area (Å²) in [6.45, 7) is 5.54. The van der Waals surface area contributed by atoms with E-state index in [0.717, 1.165) is 51.3 Å². The van der Waals surface area contributed by atoms with Gasteiger partial charge in [0, 0.05) is 13.1 Å². The van der Waals surface area contributed by atoms with E-state index in [9.17, 15) is 4.79 Å². The first-order valence-corrected chi connectivity index (χ1v) is 6.91. The van der Waals surface area contributed by atoms with Crippen LogP contribution < -0.4 is 0 Å². The molecule has 19 heavy (non-hydrogen) atoms. The zero-order valence-electron chi connectivity index (χ0n) is 11.7. The largest absolute Gasteiger partial charge is 0.469 e. The predicted octanol–water partition coefficient (Wildman–Crippen LogP) is 1.07. The van der Waals surface area contributed by atoms with Crippen LogP contribution in [-0.4, -0.2) is 45.8 Å². The second-order valence-electron chi connectivity index (χ2n) is 5.00. The summed E-state index contributed by atoms with van der Waals surface area (Å²) in [6.07, 6.45) is 4.60. The quantitative estimate of drug-likeness (QED) is 0.746. The zero-order chi connectivity index (χ0) is 13.7. The van der Waals surface area contributed by atoms with Crippen LogP contribution in [0.2, 0.25) is 0 Å². The topological polar surface area (TPSA) is 60.2 Å². The highest BCUT2D eigenvalue weighted by atomic mass is 16.5. The predicted molar refractivity (Wildman–Crippen MR) is 70.3 cm³/mol. The molecule has 6 nitrogen and oxygen atoms in total. The molecule has 1 fully saturated rings. The molecule has 0 bridgehead atoms. The summed E-state index contributed by atoms with van der Waals surface area (Å²) in [4.78, 5) is 18.2. The maximum atomic E-state index is 11.6. The molecule has 6 heteroatoms. The van der Waals surface area contributed by atoms with Crippen molar-refractivity contribution in [1.82, 2.24) is 19.7 Å². The lowest BCUT2D eigenvalue weighted by atomic mass is 9.98. The minimum Gasteiger partial charge on any atom is -0.469 e. The molecular formula is C13H22N4O2. The summed E-state index contributed by atoms with van der Waals surface area (Å²) in [7, 11) is 1.46. The minimum atomic E-state index is -0.0975. The second kappa shape index (κ2) is 6.65. The fourth-order valence-corrected chi connectivity index (χ4v) is 2.57. The van der Waals surface area contributed by atoms with Crippen molar-refractivity contribution < 1.29 is 9.53 Å². The van der Waals surface area contributed by atoms with Gasteiger partial charge in [0.05, 0.1) is 19.6 Å². The minimum absolute atomic E-state index is 0.00120. The highest BCUT2D eigenvalue weighted by Crippen LogP contribution is 2.19. The van der Waals surface area contributed by atoms with E-state index < -0.39 is 0 Å². The molecule has 2 rings (SSSR count). The van der Waals surface area contributed by atoms with Crippen molar-refractivity contribution in [2.75, 3.05) is 20.2 Å². The SMILES string of the molecule is CCCn1ncnc1CN1CCC[C@H](C(=O)OC)C1. The molecule has 1 saturated heterocycles. The molecule has 0 N–H and O–H groups in total. The number of aryl methyl sites for hydroxylation is 1. The highest BCUT2D eigenvalue weighted by molar-refractivity contribution is 5.72. The fraction of sp³-hybridized carbons (Fsp3) is 0.769. The molecule has 1 aliphatic heterocycles. The summed E-state index contributed by atoms with van der Waals surface area (Å²) >= 11 is 0. The van der Waals surface area contributed by atoms with Gasteiger partial charge in [0.25, 0.3) is 0 Å². The maximum Gasteiger partial charge on any atom is 0.309 e. The van der Waals surface area contributed by atoms with Crippen molar-refractivity contribution in [3.63, 3.8) is 0 Å². The van der Waals surface area contributed by atoms with Crippen molar-refractivity contribution in [3.05, 3.63) is 12.2 Å². The lowest BCUT2D eigenvalue weighted by Crippen LogP contribution is -2.39. The van der Waals surface area contributed by atoms with Crippen molar-refractivity contribution in [3.8, 4) is 0 Å². The summed E-state index contributed by atoms with van der Waals surface area (Å²) < 4.78 is 6.78. The van der Waals surface area contributed by atoms with Gasteiger partial charge in [-0.2, -0.15) is 5.10 Å². The molecule has 0 saturated carbocycles. The lowest BCUT2D eigenvalue weighted by molar-refractivity contribution is -0.147. The van der Waals surface area contributed by atoms with Gasteiger partial charge in [-0.05, 0) is 25.8 Å². The smallest absolute Gasteiger partial charge is 0.309 e. The van der Waals surface area contributed by atoms with Crippen LogP contribution in [0.1, 0.15) is 32.0 Å². The maximum absolute atomic E-state index is 11.6. The lowest BCUT2D eigenvalue weighted by Gasteiger charge is -2.30. The number of hydrogen-bond acceptors (Lipinski definition) is 5. The number of methoxy groups -OCH3 is 1. The molecule has 1 aromatic rings. The number of aromatic nitrogens is 3. The van der Waals surface area contributed by atoms with Gasteiger partial charge in [-0.1, -0.05) is 6.92 Å². The van der Waals surface area contributed by atoms with E-state index in [4.69, 9.17) is 4.74 Å². The van der Waals surface area contributed by atoms with Crippen LogP contribution >= 0.6 is 0 Å². The van der Waals surface area contributed by atoms with E-state index >= 15 is 0 Å². The van der Waals surface area contributed by atoms with Crippen LogP contribution in [0.3, 0.4) is 0 Å². The number of carbonyl (C=O) groups excluding carboxylic acids is 1. The number of hydrogen-bond donors (Lipinski definition) is 0. The molecular weight excluding hydrogens is 244 g/mol. The molecule has 1 aromatic heterocycles. The zero-order valence-corrected chi connectivity index (χ0v) is 11.7. The number of nitrogens with zero attached hydrogens (tertiary/aromatic N) is 4. The number of piperidine rings is 1. The summed E-state index contributed by atoms with van der Waals surface area (Å²) in [5.41, 5.74) is 0. The Morgan fingerprint density at radius 3 is 3.16 bits per heavy atom. The molecule has 0 aliphatic carbocycles. The third kappa shape index (κ3) is 3.53. The molecule has 0 radical (unpaired) electrons. The number of esters is 1. The number of rotatable bonds is 5. The van der Waals surface area contributed by atoms with Gasteiger partial charge in [-0.15, -0.1) is 0 Å². The molecule has 1 atom stereocenters. The van der Waals surface area contributed by atoms with Crippen molar-refractivity contribution in [1.29, 1.82) is 0 Å². The Kier molecular flexibility index (Phi) is 4.90. The molecule has 0 aromatic carbocycles. The number of ether oxygens (including phenoxy) is 1. The molecule has 106 valence electrons. The normalized spacial score (nSPS) is 20.4. The van der Waals surface area contributed by atoms with Gasteiger partial charge < -0.3 is 4.74 Å². The van der Waals surface area contributed by atoms with Gasteiger partial charge in [0.2, 0.25) is 0 Å². The van der Waals surface area contributed by atoms with E-state index in [1.54, 1.807) is 6.33 Å². The van der Waals surface area contributed by atoms with E-state index in [1.165, 1.54) is 7.11 Å². The molecule has 2 heterocycles. The van der Waals surface area contributed by atoms with Gasteiger partial charge >= 0.3 is 5.97 Å². The summed E-state index contributed by atoms with van der Waals surface area (Å²) in [6, 6.07) is 0. The second-order valence-corrected chi connectivity index (χ2v) is 5.00. The van der Waals surface area contributed by atoms with Gasteiger partial charge in [0.1, 0.15) is 12.2 Å². The van der Waals surface area contributed by atoms with Crippen LogP contribution in [-0.2, 0) is 22.6 Å². The van der Waals surface area contributed by atoms with Crippen molar-refractivity contribution in [2.45, 2.75) is 39.3 Å². The van der Waals surface area contributed by atoms with Crippen LogP contribution in [0.15, 0.2) is 6.33 Å². The monoisotopic (exact) mass is 266 g/mol. The van der Waals surface area contributed by atoms with Crippen LogP contribution in [0.25, 0.3) is 0 Å². The Hall–Kier alpha value is -1.43. The Morgan fingerprint density at radius 2 is 2.42 bits per heavy atom. The Labute approximate surface area is 113 Å². The van der Waals surface area contributed by atoms with Gasteiger partial charge in [-0.3, -0.25) is 9.69 Å². The van der Waals surface area contributed by atoms with Crippen molar-refractivity contribution >= 4 is 5.97 Å². The first kappa shape index (κ1) is 14.0. The Bertz CT molecular complexity index is 419. The van der Waals surface area contributed by atoms with E-state index in [0.29, 0.717) is 0 Å². The van der Waals surface area contributed by atoms with Gasteiger partial charge in [0.15, 0.2) is 0 Å². The molecule has 0 amide bonds. The molecule has 0 unspecified atom stereocenters. The highest BCUT2D eigenvalue weighted by Gasteiger charge is 2.27.